The van der Waals surface area contributed by atoms with Crippen LogP contribution in [0, 0.1) is 5.82 Å². The zero-order valence-corrected chi connectivity index (χ0v) is 8.44. The van der Waals surface area contributed by atoms with Gasteiger partial charge in [0.25, 0.3) is 0 Å². The first-order valence-electron chi connectivity index (χ1n) is 4.73. The zero-order chi connectivity index (χ0) is 11.5. The van der Waals surface area contributed by atoms with Crippen molar-refractivity contribution >= 4 is 5.78 Å². The van der Waals surface area contributed by atoms with Gasteiger partial charge < -0.3 is 4.42 Å². The molecule has 0 spiro atoms. The summed E-state index contributed by atoms with van der Waals surface area (Å²) in [5.74, 6) is 0.186. The Balaban J connectivity index is 2.35. The molecule has 2 aromatic rings. The molecule has 2 rings (SSSR count). The highest BCUT2D eigenvalue weighted by Gasteiger charge is 2.08. The summed E-state index contributed by atoms with van der Waals surface area (Å²) in [7, 11) is 0. The number of hydrogen-bond acceptors (Lipinski definition) is 2. The van der Waals surface area contributed by atoms with Gasteiger partial charge in [-0.3, -0.25) is 4.79 Å². The third-order valence-corrected chi connectivity index (χ3v) is 2.16. The van der Waals surface area contributed by atoms with Gasteiger partial charge in [-0.2, -0.15) is 0 Å². The van der Waals surface area contributed by atoms with Crippen LogP contribution in [0.2, 0.25) is 0 Å². The predicted molar refractivity (Wildman–Crippen MR) is 58.6 cm³/mol. The molecule has 0 amide bonds. The van der Waals surface area contributed by atoms with Gasteiger partial charge in [0.05, 0.1) is 0 Å². The molecule has 0 aliphatic heterocycles. The molecule has 0 aliphatic carbocycles. The van der Waals surface area contributed by atoms with Crippen LogP contribution in [0.4, 0.5) is 4.39 Å². The summed E-state index contributed by atoms with van der Waals surface area (Å²) in [6, 6.07) is 9.11. The van der Waals surface area contributed by atoms with Crippen LogP contribution in [-0.2, 0) is 0 Å². The highest BCUT2D eigenvalue weighted by Crippen LogP contribution is 2.22. The fourth-order valence-corrected chi connectivity index (χ4v) is 1.34. The van der Waals surface area contributed by atoms with Gasteiger partial charge in [-0.1, -0.05) is 6.58 Å². The largest absolute Gasteiger partial charge is 0.453 e. The van der Waals surface area contributed by atoms with Crippen LogP contribution in [0.1, 0.15) is 10.6 Å². The lowest BCUT2D eigenvalue weighted by atomic mass is 10.2. The number of rotatable bonds is 3. The molecule has 0 aliphatic rings. The molecule has 1 aromatic carbocycles. The summed E-state index contributed by atoms with van der Waals surface area (Å²) in [5.41, 5.74) is 0.726. The minimum atomic E-state index is -0.308. The van der Waals surface area contributed by atoms with Crippen LogP contribution in [0.25, 0.3) is 11.3 Å². The van der Waals surface area contributed by atoms with Crippen LogP contribution < -0.4 is 0 Å². The van der Waals surface area contributed by atoms with E-state index in [9.17, 15) is 9.18 Å². The first-order chi connectivity index (χ1) is 7.70. The van der Waals surface area contributed by atoms with Crippen molar-refractivity contribution in [3.63, 3.8) is 0 Å². The first kappa shape index (κ1) is 10.4. The van der Waals surface area contributed by atoms with Crippen LogP contribution in [0.5, 0.6) is 0 Å². The Morgan fingerprint density at radius 2 is 1.88 bits per heavy atom. The topological polar surface area (TPSA) is 30.2 Å². The molecule has 3 heteroatoms. The second-order valence-corrected chi connectivity index (χ2v) is 3.24. The van der Waals surface area contributed by atoms with E-state index in [1.54, 1.807) is 24.3 Å². The summed E-state index contributed by atoms with van der Waals surface area (Å²) < 4.78 is 18.0. The van der Waals surface area contributed by atoms with Crippen LogP contribution >= 0.6 is 0 Å². The van der Waals surface area contributed by atoms with Crippen molar-refractivity contribution in [2.75, 3.05) is 0 Å². The Kier molecular flexibility index (Phi) is 2.68. The smallest absolute Gasteiger partial charge is 0.220 e. The molecule has 0 atom stereocenters. The van der Waals surface area contributed by atoms with E-state index in [-0.39, 0.29) is 17.4 Å². The molecular weight excluding hydrogens is 207 g/mol. The second-order valence-electron chi connectivity index (χ2n) is 3.24. The van der Waals surface area contributed by atoms with Crippen molar-refractivity contribution in [2.24, 2.45) is 0 Å². The van der Waals surface area contributed by atoms with E-state index in [0.717, 1.165) is 5.56 Å². The number of allylic oxidation sites excluding steroid dienone is 1. The number of carbonyl (C=O) groups is 1. The van der Waals surface area contributed by atoms with Crippen molar-refractivity contribution in [1.29, 1.82) is 0 Å². The first-order valence-corrected chi connectivity index (χ1v) is 4.73. The quantitative estimate of drug-likeness (QED) is 0.581. The lowest BCUT2D eigenvalue weighted by Crippen LogP contribution is -1.88. The van der Waals surface area contributed by atoms with E-state index in [2.05, 4.69) is 6.58 Å². The maximum absolute atomic E-state index is 12.7. The van der Waals surface area contributed by atoms with Crippen molar-refractivity contribution < 1.29 is 13.6 Å². The summed E-state index contributed by atoms with van der Waals surface area (Å²) in [6.45, 7) is 3.37. The predicted octanol–water partition coefficient (Wildman–Crippen LogP) is 3.45. The molecule has 1 aromatic heterocycles. The van der Waals surface area contributed by atoms with Gasteiger partial charge in [0, 0.05) is 5.56 Å². The van der Waals surface area contributed by atoms with E-state index in [0.29, 0.717) is 5.76 Å². The summed E-state index contributed by atoms with van der Waals surface area (Å²) in [5, 5.41) is 0. The summed E-state index contributed by atoms with van der Waals surface area (Å²) in [6.07, 6.45) is 1.19. The van der Waals surface area contributed by atoms with E-state index < -0.39 is 0 Å². The Hall–Kier alpha value is -2.16. The Bertz CT molecular complexity index is 523. The molecule has 1 heterocycles. The van der Waals surface area contributed by atoms with Crippen molar-refractivity contribution in [3.8, 4) is 11.3 Å². The van der Waals surface area contributed by atoms with E-state index >= 15 is 0 Å². The number of halogens is 1. The van der Waals surface area contributed by atoms with Crippen molar-refractivity contribution in [1.82, 2.24) is 0 Å². The highest BCUT2D eigenvalue weighted by atomic mass is 19.1. The fourth-order valence-electron chi connectivity index (χ4n) is 1.34. The Morgan fingerprint density at radius 3 is 2.50 bits per heavy atom. The van der Waals surface area contributed by atoms with Gasteiger partial charge in [0.1, 0.15) is 11.6 Å². The summed E-state index contributed by atoms with van der Waals surface area (Å²) >= 11 is 0. The average Bonchev–Trinajstić information content (AvgIpc) is 2.78. The number of benzene rings is 1. The van der Waals surface area contributed by atoms with Gasteiger partial charge >= 0.3 is 0 Å². The molecular formula is C13H9FO2. The molecule has 0 fully saturated rings. The van der Waals surface area contributed by atoms with Crippen molar-refractivity contribution in [3.05, 3.63) is 60.6 Å². The molecule has 0 bridgehead atoms. The summed E-state index contributed by atoms with van der Waals surface area (Å²) in [4.78, 5) is 11.2. The van der Waals surface area contributed by atoms with Gasteiger partial charge in [-0.25, -0.2) is 4.39 Å². The van der Waals surface area contributed by atoms with Gasteiger partial charge in [-0.05, 0) is 42.5 Å². The lowest BCUT2D eigenvalue weighted by Gasteiger charge is -1.95. The van der Waals surface area contributed by atoms with E-state index in [1.165, 1.54) is 18.2 Å². The Labute approximate surface area is 92.0 Å². The van der Waals surface area contributed by atoms with Crippen LogP contribution in [0.15, 0.2) is 53.5 Å². The zero-order valence-electron chi connectivity index (χ0n) is 8.44. The Morgan fingerprint density at radius 1 is 1.19 bits per heavy atom. The number of ketones is 1. The minimum Gasteiger partial charge on any atom is -0.453 e. The SMILES string of the molecule is C=CC(=O)c1ccc(-c2ccc(F)cc2)o1. The highest BCUT2D eigenvalue weighted by molar-refractivity contribution is 6.02. The molecule has 0 N–H and O–H groups in total. The monoisotopic (exact) mass is 216 g/mol. The van der Waals surface area contributed by atoms with Crippen LogP contribution in [0.3, 0.4) is 0 Å². The average molecular weight is 216 g/mol. The maximum Gasteiger partial charge on any atom is 0.220 e. The molecule has 0 saturated heterocycles. The van der Waals surface area contributed by atoms with Gasteiger partial charge in [-0.15, -0.1) is 0 Å². The van der Waals surface area contributed by atoms with Gasteiger partial charge in [0.15, 0.2) is 5.76 Å². The lowest BCUT2D eigenvalue weighted by molar-refractivity contribution is 0.102. The fraction of sp³-hybridized carbons (Fsp3) is 0. The van der Waals surface area contributed by atoms with Gasteiger partial charge in [0.2, 0.25) is 5.78 Å². The third kappa shape index (κ3) is 1.93. The van der Waals surface area contributed by atoms with E-state index in [4.69, 9.17) is 4.42 Å². The second kappa shape index (κ2) is 4.14. The number of furan rings is 1. The maximum atomic E-state index is 12.7. The van der Waals surface area contributed by atoms with Crippen molar-refractivity contribution in [2.45, 2.75) is 0 Å². The van der Waals surface area contributed by atoms with Crippen LogP contribution in [-0.4, -0.2) is 5.78 Å². The number of hydrogen-bond donors (Lipinski definition) is 0. The molecule has 0 unspecified atom stereocenters. The molecule has 0 radical (unpaired) electrons. The molecule has 16 heavy (non-hydrogen) atoms. The number of carbonyl (C=O) groups excluding carboxylic acids is 1. The molecule has 0 saturated carbocycles. The third-order valence-electron chi connectivity index (χ3n) is 2.16. The molecule has 80 valence electrons. The normalized spacial score (nSPS) is 10.1. The standard InChI is InChI=1S/C13H9FO2/c1-2-11(15)13-8-7-12(16-13)9-3-5-10(14)6-4-9/h2-8H,1H2. The molecule has 2 nitrogen and oxygen atoms in total. The minimum absolute atomic E-state index is 0.231. The van der Waals surface area contributed by atoms with E-state index in [1.807, 2.05) is 0 Å².